The molecule has 3 N–H and O–H groups in total. The molecule has 1 unspecified atom stereocenters. The molecule has 3 fully saturated rings. The Bertz CT molecular complexity index is 1620. The lowest BCUT2D eigenvalue weighted by Gasteiger charge is -2.56. The largest absolute Gasteiger partial charge is 0.455 e. The zero-order chi connectivity index (χ0) is 28.1. The lowest BCUT2D eigenvalue weighted by Crippen LogP contribution is -2.68. The monoisotopic (exact) mass is 537 g/mol. The molecule has 0 saturated heterocycles. The Kier molecular flexibility index (Phi) is 6.59. The van der Waals surface area contributed by atoms with Crippen LogP contribution in [-0.2, 0) is 0 Å². The second-order valence-electron chi connectivity index (χ2n) is 11.7. The molecule has 2 bridgehead atoms. The number of carbonyl (C=O) groups is 1. The van der Waals surface area contributed by atoms with Gasteiger partial charge in [-0.2, -0.15) is 0 Å². The molecule has 2 aromatic carbocycles. The Morgan fingerprint density at radius 3 is 2.48 bits per heavy atom. The van der Waals surface area contributed by atoms with Crippen molar-refractivity contribution in [2.75, 3.05) is 0 Å². The maximum atomic E-state index is 13.5. The van der Waals surface area contributed by atoms with E-state index in [-0.39, 0.29) is 23.4 Å². The standard InChI is InChI=1S/C33H35N3O4/c1-20-17-24(30-25(18-20)28(37)21(2)29(40-30)23-9-5-4-6-10-23)22(3)35-27-19-32(12-14-33(27,39)15-13-32)36-31(38)26-11-7-8-16-34-26/h4-11,16-18,22,27,35,39H,12-15,19H2,1-3H3,(H,36,38)/t22-,27?,32?,33?/m1/s1. The van der Waals surface area contributed by atoms with Crippen LogP contribution in [0.4, 0.5) is 0 Å². The van der Waals surface area contributed by atoms with Gasteiger partial charge in [-0.1, -0.05) is 42.5 Å². The number of pyridine rings is 1. The third kappa shape index (κ3) is 4.63. The Balaban J connectivity index is 1.32. The number of aromatic nitrogens is 1. The van der Waals surface area contributed by atoms with Gasteiger partial charge in [0.25, 0.3) is 5.91 Å². The third-order valence-electron chi connectivity index (χ3n) is 8.94. The summed E-state index contributed by atoms with van der Waals surface area (Å²) in [6.45, 7) is 5.83. The van der Waals surface area contributed by atoms with Gasteiger partial charge in [0.05, 0.1) is 11.0 Å². The number of carbonyl (C=O) groups excluding carboxylic acids is 1. The Morgan fingerprint density at radius 2 is 1.77 bits per heavy atom. The van der Waals surface area contributed by atoms with Crippen LogP contribution in [0.15, 0.2) is 76.1 Å². The van der Waals surface area contributed by atoms with Gasteiger partial charge in [-0.25, -0.2) is 0 Å². The maximum Gasteiger partial charge on any atom is 0.270 e. The molecular weight excluding hydrogens is 502 g/mol. The minimum atomic E-state index is -0.863. The van der Waals surface area contributed by atoms with Crippen molar-refractivity contribution >= 4 is 16.9 Å². The second kappa shape index (κ2) is 9.98. The van der Waals surface area contributed by atoms with Crippen LogP contribution >= 0.6 is 0 Å². The number of nitrogens with zero attached hydrogens (tertiary/aromatic N) is 1. The Labute approximate surface area is 233 Å². The fourth-order valence-electron chi connectivity index (χ4n) is 6.63. The number of hydrogen-bond acceptors (Lipinski definition) is 6. The highest BCUT2D eigenvalue weighted by atomic mass is 16.3. The zero-order valence-corrected chi connectivity index (χ0v) is 23.2. The normalized spacial score (nSPS) is 24.6. The smallest absolute Gasteiger partial charge is 0.270 e. The summed E-state index contributed by atoms with van der Waals surface area (Å²) in [5.41, 5.74) is 2.94. The van der Waals surface area contributed by atoms with E-state index in [1.807, 2.05) is 57.2 Å². The number of fused-ring (bicyclic) bond motifs is 4. The molecule has 3 saturated carbocycles. The van der Waals surface area contributed by atoms with Crippen LogP contribution in [0.3, 0.4) is 0 Å². The van der Waals surface area contributed by atoms with Gasteiger partial charge < -0.3 is 20.2 Å². The number of aryl methyl sites for hydroxylation is 1. The summed E-state index contributed by atoms with van der Waals surface area (Å²) in [7, 11) is 0. The summed E-state index contributed by atoms with van der Waals surface area (Å²) in [6.07, 6.45) is 4.86. The predicted octanol–water partition coefficient (Wildman–Crippen LogP) is 5.37. The molecule has 3 aliphatic carbocycles. The van der Waals surface area contributed by atoms with E-state index in [9.17, 15) is 14.7 Å². The van der Waals surface area contributed by atoms with E-state index in [1.165, 1.54) is 0 Å². The molecule has 7 rings (SSSR count). The fourth-order valence-corrected chi connectivity index (χ4v) is 6.63. The van der Waals surface area contributed by atoms with Crippen LogP contribution in [0.1, 0.15) is 72.2 Å². The number of hydrogen-bond donors (Lipinski definition) is 3. The molecule has 7 nitrogen and oxygen atoms in total. The summed E-state index contributed by atoms with van der Waals surface area (Å²) in [4.78, 5) is 30.7. The molecule has 2 atom stereocenters. The van der Waals surface area contributed by atoms with Crippen LogP contribution in [0.2, 0.25) is 0 Å². The SMILES string of the molecule is Cc1cc([C@@H](C)NC2CC3(NC(=O)c4ccccn4)CCC2(O)CC3)c2oc(-c3ccccc3)c(C)c(=O)c2c1. The first kappa shape index (κ1) is 26.4. The van der Waals surface area contributed by atoms with Crippen LogP contribution in [0.5, 0.6) is 0 Å². The molecule has 206 valence electrons. The van der Waals surface area contributed by atoms with Crippen molar-refractivity contribution in [1.82, 2.24) is 15.6 Å². The number of nitrogens with one attached hydrogen (secondary N) is 2. The van der Waals surface area contributed by atoms with Crippen LogP contribution in [0.25, 0.3) is 22.3 Å². The van der Waals surface area contributed by atoms with Crippen molar-refractivity contribution in [3.05, 3.63) is 99.5 Å². The molecule has 0 aliphatic heterocycles. The molecule has 2 aromatic heterocycles. The quantitative estimate of drug-likeness (QED) is 0.306. The van der Waals surface area contributed by atoms with Gasteiger partial charge in [-0.15, -0.1) is 0 Å². The molecule has 4 aromatic rings. The molecule has 3 aliphatic rings. The summed E-state index contributed by atoms with van der Waals surface area (Å²) < 4.78 is 6.50. The van der Waals surface area contributed by atoms with Crippen molar-refractivity contribution in [3.63, 3.8) is 0 Å². The highest BCUT2D eigenvalue weighted by Gasteiger charge is 2.54. The highest BCUT2D eigenvalue weighted by molar-refractivity contribution is 5.92. The van der Waals surface area contributed by atoms with Gasteiger partial charge in [0, 0.05) is 40.5 Å². The van der Waals surface area contributed by atoms with Crippen LogP contribution in [0, 0.1) is 13.8 Å². The number of aliphatic hydroxyl groups is 1. The van der Waals surface area contributed by atoms with Crippen LogP contribution in [-0.4, -0.2) is 33.2 Å². The molecule has 0 spiro atoms. The molecule has 7 heteroatoms. The van der Waals surface area contributed by atoms with Crippen molar-refractivity contribution in [2.24, 2.45) is 0 Å². The summed E-state index contributed by atoms with van der Waals surface area (Å²) in [6, 6.07) is 18.5. The highest BCUT2D eigenvalue weighted by Crippen LogP contribution is 2.48. The zero-order valence-electron chi connectivity index (χ0n) is 23.2. The second-order valence-corrected chi connectivity index (χ2v) is 11.7. The van der Waals surface area contributed by atoms with Gasteiger partial charge in [0.15, 0.2) is 5.43 Å². The Hall–Kier alpha value is -3.81. The van der Waals surface area contributed by atoms with E-state index >= 15 is 0 Å². The van der Waals surface area contributed by atoms with Gasteiger partial charge in [0.1, 0.15) is 17.0 Å². The van der Waals surface area contributed by atoms with Crippen molar-refractivity contribution < 1.29 is 14.3 Å². The van der Waals surface area contributed by atoms with Crippen LogP contribution < -0.4 is 16.1 Å². The first-order valence-corrected chi connectivity index (χ1v) is 14.0. The van der Waals surface area contributed by atoms with Gasteiger partial charge >= 0.3 is 0 Å². The molecule has 0 radical (unpaired) electrons. The predicted molar refractivity (Wildman–Crippen MR) is 155 cm³/mol. The lowest BCUT2D eigenvalue weighted by molar-refractivity contribution is -0.0989. The van der Waals surface area contributed by atoms with Gasteiger partial charge in [-0.3, -0.25) is 14.6 Å². The van der Waals surface area contributed by atoms with E-state index in [2.05, 4.69) is 21.7 Å². The van der Waals surface area contributed by atoms with Gasteiger partial charge in [-0.05, 0) is 76.6 Å². The van der Waals surface area contributed by atoms with Crippen molar-refractivity contribution in [3.8, 4) is 11.3 Å². The third-order valence-corrected chi connectivity index (χ3v) is 8.94. The van der Waals surface area contributed by atoms with E-state index in [1.54, 1.807) is 24.4 Å². The van der Waals surface area contributed by atoms with E-state index in [4.69, 9.17) is 4.42 Å². The number of amides is 1. The minimum absolute atomic E-state index is 0.0382. The van der Waals surface area contributed by atoms with E-state index < -0.39 is 11.1 Å². The first-order chi connectivity index (χ1) is 19.2. The number of benzene rings is 2. The first-order valence-electron chi connectivity index (χ1n) is 14.0. The van der Waals surface area contributed by atoms with E-state index in [0.717, 1.165) is 29.5 Å². The van der Waals surface area contributed by atoms with Crippen molar-refractivity contribution in [1.29, 1.82) is 0 Å². The van der Waals surface area contributed by atoms with Crippen molar-refractivity contribution in [2.45, 2.75) is 76.1 Å². The average Bonchev–Trinajstić information content (AvgIpc) is 2.96. The van der Waals surface area contributed by atoms with Gasteiger partial charge in [0.2, 0.25) is 0 Å². The molecule has 1 amide bonds. The fraction of sp³-hybridized carbons (Fsp3) is 0.364. The summed E-state index contributed by atoms with van der Waals surface area (Å²) in [5, 5.41) is 19.1. The summed E-state index contributed by atoms with van der Waals surface area (Å²) >= 11 is 0. The Morgan fingerprint density at radius 1 is 1.05 bits per heavy atom. The minimum Gasteiger partial charge on any atom is -0.455 e. The average molecular weight is 538 g/mol. The van der Waals surface area contributed by atoms with E-state index in [0.29, 0.717) is 47.2 Å². The number of rotatable bonds is 6. The lowest BCUT2D eigenvalue weighted by atomic mass is 9.60. The molecule has 40 heavy (non-hydrogen) atoms. The maximum absolute atomic E-state index is 13.5. The molecular formula is C33H35N3O4. The summed E-state index contributed by atoms with van der Waals surface area (Å²) in [5.74, 6) is 0.386. The molecule has 2 heterocycles. The topological polar surface area (TPSA) is 104 Å².